The molecule has 0 aliphatic heterocycles. The molecule has 1 unspecified atom stereocenters. The highest BCUT2D eigenvalue weighted by Crippen LogP contribution is 2.00. The Morgan fingerprint density at radius 3 is 2.73 bits per heavy atom. The van der Waals surface area contributed by atoms with E-state index >= 15 is 0 Å². The fourth-order valence-corrected chi connectivity index (χ4v) is 0.415. The molecule has 4 heteroatoms. The minimum atomic E-state index is -0.861. The maximum absolute atomic E-state index is 10.8. The summed E-state index contributed by atoms with van der Waals surface area (Å²) in [5.41, 5.74) is 5.14. The summed E-state index contributed by atoms with van der Waals surface area (Å²) in [5.74, 6) is -0.592. The van der Waals surface area contributed by atoms with Crippen LogP contribution in [-0.4, -0.2) is 30.3 Å². The molecule has 0 radical (unpaired) electrons. The van der Waals surface area contributed by atoms with Crippen molar-refractivity contribution in [1.82, 2.24) is 0 Å². The molecule has 0 amide bonds. The SMILES string of the molecule is C=C(C(=O)OCCN)C(C)O. The number of nitrogens with two attached hydrogens (primary N) is 1. The minimum absolute atomic E-state index is 0.0541. The predicted molar refractivity (Wildman–Crippen MR) is 40.8 cm³/mol. The monoisotopic (exact) mass is 159 g/mol. The maximum atomic E-state index is 10.8. The Bertz CT molecular complexity index is 154. The van der Waals surface area contributed by atoms with Crippen LogP contribution in [0.2, 0.25) is 0 Å². The van der Waals surface area contributed by atoms with Gasteiger partial charge in [-0.05, 0) is 6.92 Å². The Kier molecular flexibility index (Phi) is 4.49. The van der Waals surface area contributed by atoms with E-state index in [4.69, 9.17) is 10.8 Å². The smallest absolute Gasteiger partial charge is 0.336 e. The molecule has 1 atom stereocenters. The van der Waals surface area contributed by atoms with E-state index in [1.165, 1.54) is 6.92 Å². The number of carbonyl (C=O) groups is 1. The molecule has 0 aliphatic rings. The van der Waals surface area contributed by atoms with E-state index in [9.17, 15) is 4.79 Å². The molecule has 0 heterocycles. The second-order valence-electron chi connectivity index (χ2n) is 2.13. The van der Waals surface area contributed by atoms with E-state index in [-0.39, 0.29) is 18.7 Å². The first kappa shape index (κ1) is 10.1. The van der Waals surface area contributed by atoms with Crippen molar-refractivity contribution in [3.8, 4) is 0 Å². The molecule has 0 aromatic heterocycles. The first-order chi connectivity index (χ1) is 5.09. The number of ether oxygens (including phenoxy) is 1. The average molecular weight is 159 g/mol. The first-order valence-corrected chi connectivity index (χ1v) is 3.33. The van der Waals surface area contributed by atoms with Gasteiger partial charge in [-0.15, -0.1) is 0 Å². The van der Waals surface area contributed by atoms with Crippen LogP contribution in [0.25, 0.3) is 0 Å². The van der Waals surface area contributed by atoms with Crippen LogP contribution in [0.15, 0.2) is 12.2 Å². The molecule has 0 fully saturated rings. The van der Waals surface area contributed by atoms with Crippen molar-refractivity contribution in [2.45, 2.75) is 13.0 Å². The number of aliphatic hydroxyl groups excluding tert-OH is 1. The quantitative estimate of drug-likeness (QED) is 0.425. The van der Waals surface area contributed by atoms with E-state index in [2.05, 4.69) is 11.3 Å². The standard InChI is InChI=1S/C7H13NO3/c1-5(6(2)9)7(10)11-4-3-8/h6,9H,1,3-4,8H2,2H3. The topological polar surface area (TPSA) is 72.5 Å². The molecule has 0 aromatic rings. The number of hydrogen-bond acceptors (Lipinski definition) is 4. The summed E-state index contributed by atoms with van der Waals surface area (Å²) in [6.45, 7) is 5.23. The van der Waals surface area contributed by atoms with Crippen molar-refractivity contribution in [3.63, 3.8) is 0 Å². The van der Waals surface area contributed by atoms with E-state index in [1.807, 2.05) is 0 Å². The van der Waals surface area contributed by atoms with Gasteiger partial charge in [-0.25, -0.2) is 4.79 Å². The number of carbonyl (C=O) groups excluding carboxylic acids is 1. The summed E-state index contributed by atoms with van der Waals surface area (Å²) < 4.78 is 4.59. The van der Waals surface area contributed by atoms with Crippen LogP contribution < -0.4 is 5.73 Å². The summed E-state index contributed by atoms with van der Waals surface area (Å²) in [6, 6.07) is 0. The minimum Gasteiger partial charge on any atom is -0.461 e. The van der Waals surface area contributed by atoms with Gasteiger partial charge in [0.1, 0.15) is 6.61 Å². The van der Waals surface area contributed by atoms with Gasteiger partial charge in [0.25, 0.3) is 0 Å². The fourth-order valence-electron chi connectivity index (χ4n) is 0.415. The first-order valence-electron chi connectivity index (χ1n) is 3.33. The third-order valence-electron chi connectivity index (χ3n) is 1.12. The fraction of sp³-hybridized carbons (Fsp3) is 0.571. The van der Waals surface area contributed by atoms with Gasteiger partial charge in [-0.3, -0.25) is 0 Å². The van der Waals surface area contributed by atoms with Gasteiger partial charge >= 0.3 is 5.97 Å². The van der Waals surface area contributed by atoms with Crippen molar-refractivity contribution >= 4 is 5.97 Å². The summed E-state index contributed by atoms with van der Waals surface area (Å²) >= 11 is 0. The number of hydrogen-bond donors (Lipinski definition) is 2. The molecule has 0 rings (SSSR count). The van der Waals surface area contributed by atoms with Crippen molar-refractivity contribution in [2.75, 3.05) is 13.2 Å². The molecule has 4 nitrogen and oxygen atoms in total. The van der Waals surface area contributed by atoms with Gasteiger partial charge < -0.3 is 15.6 Å². The lowest BCUT2D eigenvalue weighted by Crippen LogP contribution is -2.19. The van der Waals surface area contributed by atoms with Crippen molar-refractivity contribution in [1.29, 1.82) is 0 Å². The summed E-state index contributed by atoms with van der Waals surface area (Å²) in [6.07, 6.45) is -0.861. The molecule has 0 aromatic carbocycles. The van der Waals surface area contributed by atoms with E-state index in [0.29, 0.717) is 0 Å². The van der Waals surface area contributed by atoms with Gasteiger partial charge in [0.15, 0.2) is 0 Å². The molecule has 0 saturated heterocycles. The summed E-state index contributed by atoms with van der Waals surface area (Å²) in [7, 11) is 0. The molecule has 64 valence electrons. The zero-order valence-corrected chi connectivity index (χ0v) is 6.54. The van der Waals surface area contributed by atoms with Crippen LogP contribution >= 0.6 is 0 Å². The second-order valence-corrected chi connectivity index (χ2v) is 2.13. The van der Waals surface area contributed by atoms with Crippen LogP contribution in [0.4, 0.5) is 0 Å². The number of esters is 1. The van der Waals surface area contributed by atoms with Crippen molar-refractivity contribution < 1.29 is 14.6 Å². The molecule has 0 saturated carbocycles. The second kappa shape index (κ2) is 4.87. The highest BCUT2D eigenvalue weighted by molar-refractivity contribution is 5.88. The molecule has 0 bridgehead atoms. The third kappa shape index (κ3) is 3.75. The lowest BCUT2D eigenvalue weighted by atomic mass is 10.2. The Balaban J connectivity index is 3.75. The number of rotatable bonds is 4. The summed E-state index contributed by atoms with van der Waals surface area (Å²) in [5, 5.41) is 8.86. The normalized spacial score (nSPS) is 12.3. The third-order valence-corrected chi connectivity index (χ3v) is 1.12. The Labute approximate surface area is 65.6 Å². The van der Waals surface area contributed by atoms with Gasteiger partial charge in [0, 0.05) is 6.54 Å². The van der Waals surface area contributed by atoms with Crippen LogP contribution in [0.1, 0.15) is 6.92 Å². The summed E-state index contributed by atoms with van der Waals surface area (Å²) in [4.78, 5) is 10.8. The van der Waals surface area contributed by atoms with Crippen molar-refractivity contribution in [2.24, 2.45) is 5.73 Å². The largest absolute Gasteiger partial charge is 0.461 e. The van der Waals surface area contributed by atoms with E-state index in [0.717, 1.165) is 0 Å². The van der Waals surface area contributed by atoms with Crippen LogP contribution in [0.3, 0.4) is 0 Å². The highest BCUT2D eigenvalue weighted by Gasteiger charge is 2.12. The average Bonchev–Trinajstić information content (AvgIpc) is 1.98. The predicted octanol–water partition coefficient (Wildman–Crippen LogP) is -0.575. The lowest BCUT2D eigenvalue weighted by Gasteiger charge is -2.07. The van der Waals surface area contributed by atoms with Crippen LogP contribution in [0, 0.1) is 0 Å². The van der Waals surface area contributed by atoms with E-state index in [1.54, 1.807) is 0 Å². The zero-order valence-electron chi connectivity index (χ0n) is 6.54. The van der Waals surface area contributed by atoms with Gasteiger partial charge in [0.05, 0.1) is 11.7 Å². The Morgan fingerprint density at radius 1 is 1.82 bits per heavy atom. The highest BCUT2D eigenvalue weighted by atomic mass is 16.5. The van der Waals surface area contributed by atoms with Gasteiger partial charge in [-0.2, -0.15) is 0 Å². The molecular weight excluding hydrogens is 146 g/mol. The van der Waals surface area contributed by atoms with Gasteiger partial charge in [-0.1, -0.05) is 6.58 Å². The molecule has 0 aliphatic carbocycles. The van der Waals surface area contributed by atoms with E-state index < -0.39 is 12.1 Å². The molecular formula is C7H13NO3. The van der Waals surface area contributed by atoms with Crippen LogP contribution in [-0.2, 0) is 9.53 Å². The molecule has 3 N–H and O–H groups in total. The zero-order chi connectivity index (χ0) is 8.85. The Morgan fingerprint density at radius 2 is 2.36 bits per heavy atom. The maximum Gasteiger partial charge on any atom is 0.336 e. The molecule has 0 spiro atoms. The van der Waals surface area contributed by atoms with Crippen molar-refractivity contribution in [3.05, 3.63) is 12.2 Å². The van der Waals surface area contributed by atoms with Crippen LogP contribution in [0.5, 0.6) is 0 Å². The lowest BCUT2D eigenvalue weighted by molar-refractivity contribution is -0.139. The molecule has 11 heavy (non-hydrogen) atoms. The Hall–Kier alpha value is -0.870. The number of aliphatic hydroxyl groups is 1. The van der Waals surface area contributed by atoms with Gasteiger partial charge in [0.2, 0.25) is 0 Å².